The Morgan fingerprint density at radius 1 is 1.17 bits per heavy atom. The lowest BCUT2D eigenvalue weighted by Gasteiger charge is -2.19. The summed E-state index contributed by atoms with van der Waals surface area (Å²) in [4.78, 5) is 40.4. The highest BCUT2D eigenvalue weighted by Crippen LogP contribution is 2.27. The summed E-state index contributed by atoms with van der Waals surface area (Å²) < 4.78 is 0.833. The highest BCUT2D eigenvalue weighted by Gasteiger charge is 2.44. The van der Waals surface area contributed by atoms with E-state index in [1.807, 2.05) is 19.1 Å². The Bertz CT molecular complexity index is 815. The number of halogens is 1. The zero-order valence-electron chi connectivity index (χ0n) is 13.2. The SMILES string of the molecule is Cc1ccc(N2C(=O)N(CC(=O)c3ccc(Br)s3)C(=O)[C@@H]2C)cc1. The summed E-state index contributed by atoms with van der Waals surface area (Å²) in [7, 11) is 0. The van der Waals surface area contributed by atoms with E-state index in [1.165, 1.54) is 16.2 Å². The van der Waals surface area contributed by atoms with Crippen LogP contribution in [0.5, 0.6) is 0 Å². The molecule has 2 heterocycles. The van der Waals surface area contributed by atoms with Gasteiger partial charge >= 0.3 is 6.03 Å². The van der Waals surface area contributed by atoms with Gasteiger partial charge in [-0.25, -0.2) is 4.79 Å². The molecule has 3 rings (SSSR count). The van der Waals surface area contributed by atoms with Crippen molar-refractivity contribution in [1.29, 1.82) is 0 Å². The van der Waals surface area contributed by atoms with Gasteiger partial charge in [0.2, 0.25) is 0 Å². The quantitative estimate of drug-likeness (QED) is 0.571. The fraction of sp³-hybridized carbons (Fsp3) is 0.235. The molecule has 0 N–H and O–H groups in total. The number of hydrogen-bond donors (Lipinski definition) is 0. The van der Waals surface area contributed by atoms with Crippen molar-refractivity contribution < 1.29 is 14.4 Å². The average molecular weight is 407 g/mol. The Balaban J connectivity index is 1.82. The number of anilines is 1. The van der Waals surface area contributed by atoms with Crippen molar-refractivity contribution in [3.8, 4) is 0 Å². The van der Waals surface area contributed by atoms with E-state index in [9.17, 15) is 14.4 Å². The minimum Gasteiger partial charge on any atom is -0.291 e. The molecule has 24 heavy (non-hydrogen) atoms. The van der Waals surface area contributed by atoms with E-state index in [0.717, 1.165) is 14.2 Å². The normalized spacial score (nSPS) is 17.7. The average Bonchev–Trinajstić information content (AvgIpc) is 3.07. The summed E-state index contributed by atoms with van der Waals surface area (Å²) in [6.07, 6.45) is 0. The van der Waals surface area contributed by atoms with Gasteiger partial charge in [-0.2, -0.15) is 0 Å². The summed E-state index contributed by atoms with van der Waals surface area (Å²) in [6.45, 7) is 3.39. The van der Waals surface area contributed by atoms with Gasteiger partial charge in [-0.05, 0) is 54.0 Å². The molecule has 7 heteroatoms. The van der Waals surface area contributed by atoms with Crippen LogP contribution in [-0.4, -0.2) is 35.2 Å². The number of benzene rings is 1. The standard InChI is InChI=1S/C17H15BrN2O3S/c1-10-3-5-12(6-4-10)20-11(2)16(22)19(17(20)23)9-13(21)14-7-8-15(18)24-14/h3-8,11H,9H2,1-2H3/t11-/m0/s1. The summed E-state index contributed by atoms with van der Waals surface area (Å²) in [6, 6.07) is 9.75. The van der Waals surface area contributed by atoms with Crippen molar-refractivity contribution in [3.05, 3.63) is 50.6 Å². The van der Waals surface area contributed by atoms with E-state index >= 15 is 0 Å². The molecule has 1 aromatic heterocycles. The molecule has 0 saturated carbocycles. The lowest BCUT2D eigenvalue weighted by atomic mass is 10.2. The maximum Gasteiger partial charge on any atom is 0.332 e. The van der Waals surface area contributed by atoms with Gasteiger partial charge in [0.15, 0.2) is 5.78 Å². The van der Waals surface area contributed by atoms with Crippen LogP contribution < -0.4 is 4.90 Å². The van der Waals surface area contributed by atoms with Gasteiger partial charge < -0.3 is 0 Å². The smallest absolute Gasteiger partial charge is 0.291 e. The molecule has 3 amide bonds. The Morgan fingerprint density at radius 2 is 1.83 bits per heavy atom. The Labute approximate surface area is 152 Å². The minimum absolute atomic E-state index is 0.239. The molecule has 0 radical (unpaired) electrons. The molecule has 1 aromatic carbocycles. The fourth-order valence-corrected chi connectivity index (χ4v) is 3.91. The molecule has 1 fully saturated rings. The summed E-state index contributed by atoms with van der Waals surface area (Å²) in [5.74, 6) is -0.602. The predicted molar refractivity (Wildman–Crippen MR) is 96.6 cm³/mol. The number of carbonyl (C=O) groups is 3. The van der Waals surface area contributed by atoms with Crippen molar-refractivity contribution in [2.24, 2.45) is 0 Å². The summed E-state index contributed by atoms with van der Waals surface area (Å²) in [5.41, 5.74) is 1.72. The highest BCUT2D eigenvalue weighted by atomic mass is 79.9. The number of thiophene rings is 1. The lowest BCUT2D eigenvalue weighted by Crippen LogP contribution is -2.36. The van der Waals surface area contributed by atoms with E-state index < -0.39 is 12.1 Å². The maximum atomic E-state index is 12.7. The second kappa shape index (κ2) is 6.49. The minimum atomic E-state index is -0.622. The number of rotatable bonds is 4. The van der Waals surface area contributed by atoms with Crippen molar-refractivity contribution in [2.75, 3.05) is 11.4 Å². The maximum absolute atomic E-state index is 12.7. The van der Waals surface area contributed by atoms with Gasteiger partial charge in [0.05, 0.1) is 15.2 Å². The Hall–Kier alpha value is -1.99. The molecule has 0 unspecified atom stereocenters. The van der Waals surface area contributed by atoms with Crippen molar-refractivity contribution in [3.63, 3.8) is 0 Å². The number of amides is 3. The summed E-state index contributed by atoms with van der Waals surface area (Å²) >= 11 is 4.59. The van der Waals surface area contributed by atoms with Crippen molar-refractivity contribution in [2.45, 2.75) is 19.9 Å². The molecule has 0 bridgehead atoms. The van der Waals surface area contributed by atoms with Crippen LogP contribution in [0.25, 0.3) is 0 Å². The van der Waals surface area contributed by atoms with Gasteiger partial charge in [0.1, 0.15) is 6.04 Å². The van der Waals surface area contributed by atoms with Crippen LogP contribution in [0.3, 0.4) is 0 Å². The number of urea groups is 1. The molecule has 0 aliphatic carbocycles. The zero-order valence-corrected chi connectivity index (χ0v) is 15.6. The zero-order chi connectivity index (χ0) is 17.4. The number of hydrogen-bond acceptors (Lipinski definition) is 4. The fourth-order valence-electron chi connectivity index (χ4n) is 2.60. The van der Waals surface area contributed by atoms with E-state index in [-0.39, 0.29) is 18.2 Å². The first kappa shape index (κ1) is 16.9. The molecule has 2 aromatic rings. The van der Waals surface area contributed by atoms with E-state index in [2.05, 4.69) is 15.9 Å². The summed E-state index contributed by atoms with van der Waals surface area (Å²) in [5, 5.41) is 0. The molecular formula is C17H15BrN2O3S. The molecule has 1 saturated heterocycles. The van der Waals surface area contributed by atoms with Crippen molar-refractivity contribution >= 4 is 50.7 Å². The first-order valence-electron chi connectivity index (χ1n) is 7.38. The predicted octanol–water partition coefficient (Wildman–Crippen LogP) is 3.86. The third-order valence-corrected chi connectivity index (χ3v) is 5.57. The van der Waals surface area contributed by atoms with Gasteiger partial charge in [0, 0.05) is 5.69 Å². The molecule has 1 atom stereocenters. The van der Waals surface area contributed by atoms with E-state index in [1.54, 1.807) is 31.2 Å². The van der Waals surface area contributed by atoms with Crippen molar-refractivity contribution in [1.82, 2.24) is 4.90 Å². The second-order valence-electron chi connectivity index (χ2n) is 5.62. The Kier molecular flexibility index (Phi) is 4.56. The number of nitrogens with zero attached hydrogens (tertiary/aromatic N) is 2. The van der Waals surface area contributed by atoms with Crippen LogP contribution in [0.15, 0.2) is 40.2 Å². The molecule has 1 aliphatic heterocycles. The molecular weight excluding hydrogens is 392 g/mol. The monoisotopic (exact) mass is 406 g/mol. The highest BCUT2D eigenvalue weighted by molar-refractivity contribution is 9.11. The van der Waals surface area contributed by atoms with Crippen LogP contribution in [0.2, 0.25) is 0 Å². The third kappa shape index (κ3) is 3.01. The molecule has 5 nitrogen and oxygen atoms in total. The number of carbonyl (C=O) groups excluding carboxylic acids is 3. The molecule has 0 spiro atoms. The van der Waals surface area contributed by atoms with Crippen LogP contribution in [0.4, 0.5) is 10.5 Å². The van der Waals surface area contributed by atoms with Gasteiger partial charge in [-0.3, -0.25) is 19.4 Å². The van der Waals surface area contributed by atoms with Gasteiger partial charge in [-0.15, -0.1) is 11.3 Å². The van der Waals surface area contributed by atoms with E-state index in [0.29, 0.717) is 10.6 Å². The largest absolute Gasteiger partial charge is 0.332 e. The number of Topliss-reactive ketones (excluding diaryl/α,β-unsaturated/α-hetero) is 1. The molecule has 1 aliphatic rings. The van der Waals surface area contributed by atoms with Gasteiger partial charge in [0.25, 0.3) is 5.91 Å². The topological polar surface area (TPSA) is 57.7 Å². The van der Waals surface area contributed by atoms with E-state index in [4.69, 9.17) is 0 Å². The van der Waals surface area contributed by atoms with Crippen LogP contribution in [-0.2, 0) is 4.79 Å². The first-order chi connectivity index (χ1) is 11.4. The lowest BCUT2D eigenvalue weighted by molar-refractivity contribution is -0.126. The number of ketones is 1. The van der Waals surface area contributed by atoms with Crippen LogP contribution >= 0.6 is 27.3 Å². The number of imide groups is 1. The third-order valence-electron chi connectivity index (χ3n) is 3.91. The first-order valence-corrected chi connectivity index (χ1v) is 8.99. The second-order valence-corrected chi connectivity index (χ2v) is 8.08. The molecule has 124 valence electrons. The van der Waals surface area contributed by atoms with Crippen LogP contribution in [0, 0.1) is 6.92 Å². The van der Waals surface area contributed by atoms with Crippen LogP contribution in [0.1, 0.15) is 22.2 Å². The van der Waals surface area contributed by atoms with Gasteiger partial charge in [-0.1, -0.05) is 17.7 Å². The number of aryl methyl sites for hydroxylation is 1. The Morgan fingerprint density at radius 3 is 2.42 bits per heavy atom.